The van der Waals surface area contributed by atoms with E-state index in [-0.39, 0.29) is 5.15 Å². The van der Waals surface area contributed by atoms with Gasteiger partial charge in [0.25, 0.3) is 0 Å². The molecule has 22 heavy (non-hydrogen) atoms. The Labute approximate surface area is 133 Å². The van der Waals surface area contributed by atoms with Gasteiger partial charge in [0.1, 0.15) is 0 Å². The second-order valence-electron chi connectivity index (χ2n) is 4.66. The van der Waals surface area contributed by atoms with Gasteiger partial charge in [-0.2, -0.15) is 9.97 Å². The number of nitrogens with zero attached hydrogens (tertiary/aromatic N) is 4. The van der Waals surface area contributed by atoms with Crippen molar-refractivity contribution in [3.63, 3.8) is 0 Å². The minimum atomic E-state index is 0.269. The molecule has 0 atom stereocenters. The summed E-state index contributed by atoms with van der Waals surface area (Å²) in [7, 11) is 1.54. The van der Waals surface area contributed by atoms with E-state index < -0.39 is 0 Å². The molecule has 1 fully saturated rings. The van der Waals surface area contributed by atoms with Crippen LogP contribution in [0, 0.1) is 0 Å². The number of anilines is 3. The van der Waals surface area contributed by atoms with Crippen LogP contribution >= 0.6 is 11.6 Å². The van der Waals surface area contributed by atoms with Gasteiger partial charge in [-0.3, -0.25) is 4.98 Å². The third kappa shape index (κ3) is 3.20. The molecule has 0 aliphatic carbocycles. The van der Waals surface area contributed by atoms with Gasteiger partial charge >= 0.3 is 0 Å². The molecule has 1 saturated heterocycles. The van der Waals surface area contributed by atoms with E-state index in [0.717, 1.165) is 18.8 Å². The molecule has 8 heteroatoms. The average molecular weight is 322 g/mol. The largest absolute Gasteiger partial charge is 0.490 e. The predicted molar refractivity (Wildman–Crippen MR) is 84.1 cm³/mol. The summed E-state index contributed by atoms with van der Waals surface area (Å²) in [5, 5.41) is 3.43. The van der Waals surface area contributed by atoms with Crippen LogP contribution in [0.2, 0.25) is 5.15 Å². The molecular formula is C14H16ClN5O2. The quantitative estimate of drug-likeness (QED) is 0.865. The number of methoxy groups -OCH3 is 1. The predicted octanol–water partition coefficient (Wildman–Crippen LogP) is 2.11. The molecule has 1 aliphatic heterocycles. The topological polar surface area (TPSA) is 72.4 Å². The van der Waals surface area contributed by atoms with E-state index in [1.54, 1.807) is 12.4 Å². The Morgan fingerprint density at radius 1 is 1.32 bits per heavy atom. The van der Waals surface area contributed by atoms with Crippen molar-refractivity contribution in [2.75, 3.05) is 43.6 Å². The highest BCUT2D eigenvalue weighted by atomic mass is 35.5. The summed E-state index contributed by atoms with van der Waals surface area (Å²) in [6, 6.07) is 3.72. The van der Waals surface area contributed by atoms with Gasteiger partial charge in [-0.05, 0) is 12.1 Å². The number of hydrogen-bond donors (Lipinski definition) is 1. The van der Waals surface area contributed by atoms with E-state index in [1.165, 1.54) is 7.11 Å². The molecule has 3 rings (SSSR count). The fourth-order valence-electron chi connectivity index (χ4n) is 2.16. The van der Waals surface area contributed by atoms with E-state index >= 15 is 0 Å². The van der Waals surface area contributed by atoms with Gasteiger partial charge in [0.05, 0.1) is 32.2 Å². The Bertz CT molecular complexity index is 635. The zero-order valence-corrected chi connectivity index (χ0v) is 12.9. The first-order chi connectivity index (χ1) is 10.8. The molecule has 3 heterocycles. The molecule has 0 bridgehead atoms. The molecule has 0 amide bonds. The van der Waals surface area contributed by atoms with E-state index in [0.29, 0.717) is 30.7 Å². The van der Waals surface area contributed by atoms with Gasteiger partial charge in [0.15, 0.2) is 16.7 Å². The van der Waals surface area contributed by atoms with Gasteiger partial charge in [0.2, 0.25) is 5.95 Å². The average Bonchev–Trinajstić information content (AvgIpc) is 2.56. The molecule has 0 radical (unpaired) electrons. The Morgan fingerprint density at radius 3 is 2.82 bits per heavy atom. The Morgan fingerprint density at radius 2 is 2.14 bits per heavy atom. The Kier molecular flexibility index (Phi) is 4.55. The highest BCUT2D eigenvalue weighted by Crippen LogP contribution is 2.33. The lowest BCUT2D eigenvalue weighted by molar-refractivity contribution is 0.122. The molecule has 116 valence electrons. The van der Waals surface area contributed by atoms with Gasteiger partial charge in [-0.15, -0.1) is 0 Å². The van der Waals surface area contributed by atoms with Crippen LogP contribution in [-0.4, -0.2) is 48.4 Å². The first-order valence-electron chi connectivity index (χ1n) is 6.89. The van der Waals surface area contributed by atoms with E-state index in [9.17, 15) is 0 Å². The van der Waals surface area contributed by atoms with Crippen LogP contribution in [0.1, 0.15) is 0 Å². The molecule has 1 aliphatic rings. The lowest BCUT2D eigenvalue weighted by atomic mass is 10.4. The normalized spacial score (nSPS) is 14.7. The lowest BCUT2D eigenvalue weighted by Crippen LogP contribution is -2.37. The highest BCUT2D eigenvalue weighted by Gasteiger charge is 2.19. The summed E-state index contributed by atoms with van der Waals surface area (Å²) in [6.45, 7) is 2.76. The number of halogens is 1. The SMILES string of the molecule is COc1c(Cl)nc(N2CCOCC2)nc1Nc1cccnc1. The van der Waals surface area contributed by atoms with Crippen LogP contribution < -0.4 is 15.0 Å². The first-order valence-corrected chi connectivity index (χ1v) is 7.27. The number of ether oxygens (including phenoxy) is 2. The number of rotatable bonds is 4. The second-order valence-corrected chi connectivity index (χ2v) is 5.02. The summed E-state index contributed by atoms with van der Waals surface area (Å²) in [4.78, 5) is 14.9. The van der Waals surface area contributed by atoms with Crippen molar-refractivity contribution in [1.82, 2.24) is 15.0 Å². The molecule has 0 saturated carbocycles. The Balaban J connectivity index is 1.93. The van der Waals surface area contributed by atoms with E-state index in [4.69, 9.17) is 21.1 Å². The fraction of sp³-hybridized carbons (Fsp3) is 0.357. The van der Waals surface area contributed by atoms with Crippen LogP contribution in [0.4, 0.5) is 17.5 Å². The minimum Gasteiger partial charge on any atom is -0.490 e. The zero-order chi connectivity index (χ0) is 15.4. The first kappa shape index (κ1) is 14.8. The summed E-state index contributed by atoms with van der Waals surface area (Å²) < 4.78 is 10.7. The monoisotopic (exact) mass is 321 g/mol. The van der Waals surface area contributed by atoms with Gasteiger partial charge in [-0.1, -0.05) is 11.6 Å². The van der Waals surface area contributed by atoms with Crippen LogP contribution in [0.25, 0.3) is 0 Å². The fourth-order valence-corrected chi connectivity index (χ4v) is 2.40. The Hall–Kier alpha value is -2.12. The summed E-state index contributed by atoms with van der Waals surface area (Å²) in [6.07, 6.45) is 3.40. The zero-order valence-electron chi connectivity index (χ0n) is 12.1. The van der Waals surface area contributed by atoms with Gasteiger partial charge < -0.3 is 19.7 Å². The maximum absolute atomic E-state index is 6.23. The van der Waals surface area contributed by atoms with Crippen molar-refractivity contribution in [2.45, 2.75) is 0 Å². The summed E-state index contributed by atoms with van der Waals surface area (Å²) in [5.74, 6) is 1.47. The standard InChI is InChI=1S/C14H16ClN5O2/c1-21-11-12(15)18-14(20-5-7-22-8-6-20)19-13(11)17-10-3-2-4-16-9-10/h2-4,9H,5-8H2,1H3,(H,17,18,19). The van der Waals surface area contributed by atoms with Crippen LogP contribution in [0.15, 0.2) is 24.5 Å². The third-order valence-electron chi connectivity index (χ3n) is 3.23. The van der Waals surface area contributed by atoms with E-state index in [2.05, 4.69) is 20.3 Å². The highest BCUT2D eigenvalue weighted by molar-refractivity contribution is 6.31. The van der Waals surface area contributed by atoms with Crippen molar-refractivity contribution in [1.29, 1.82) is 0 Å². The van der Waals surface area contributed by atoms with E-state index in [1.807, 2.05) is 17.0 Å². The summed E-state index contributed by atoms with van der Waals surface area (Å²) >= 11 is 6.23. The van der Waals surface area contributed by atoms with Crippen molar-refractivity contribution >= 4 is 29.1 Å². The van der Waals surface area contributed by atoms with Crippen LogP contribution in [0.5, 0.6) is 5.75 Å². The van der Waals surface area contributed by atoms with Crippen molar-refractivity contribution < 1.29 is 9.47 Å². The molecule has 0 unspecified atom stereocenters. The lowest BCUT2D eigenvalue weighted by Gasteiger charge is -2.27. The maximum Gasteiger partial charge on any atom is 0.229 e. The number of morpholine rings is 1. The van der Waals surface area contributed by atoms with Crippen LogP contribution in [-0.2, 0) is 4.74 Å². The van der Waals surface area contributed by atoms with Crippen molar-refractivity contribution in [2.24, 2.45) is 0 Å². The van der Waals surface area contributed by atoms with Crippen molar-refractivity contribution in [3.05, 3.63) is 29.7 Å². The minimum absolute atomic E-state index is 0.269. The van der Waals surface area contributed by atoms with Crippen LogP contribution in [0.3, 0.4) is 0 Å². The molecular weight excluding hydrogens is 306 g/mol. The van der Waals surface area contributed by atoms with Gasteiger partial charge in [0, 0.05) is 19.3 Å². The number of aromatic nitrogens is 3. The molecule has 2 aromatic heterocycles. The molecule has 2 aromatic rings. The number of nitrogens with one attached hydrogen (secondary N) is 1. The molecule has 0 spiro atoms. The molecule has 1 N–H and O–H groups in total. The summed E-state index contributed by atoms with van der Waals surface area (Å²) in [5.41, 5.74) is 0.795. The van der Waals surface area contributed by atoms with Crippen molar-refractivity contribution in [3.8, 4) is 5.75 Å². The maximum atomic E-state index is 6.23. The second kappa shape index (κ2) is 6.76. The molecule has 7 nitrogen and oxygen atoms in total. The van der Waals surface area contributed by atoms with Gasteiger partial charge in [-0.25, -0.2) is 0 Å². The number of pyridine rings is 1. The smallest absolute Gasteiger partial charge is 0.229 e. The third-order valence-corrected chi connectivity index (χ3v) is 3.49. The number of hydrogen-bond acceptors (Lipinski definition) is 7. The molecule has 0 aromatic carbocycles.